The van der Waals surface area contributed by atoms with E-state index in [1.54, 1.807) is 18.2 Å². The minimum atomic E-state index is -1.23. The first kappa shape index (κ1) is 29.9. The third kappa shape index (κ3) is 3.89. The molecule has 2 aliphatic heterocycles. The van der Waals surface area contributed by atoms with Crippen molar-refractivity contribution in [3.63, 3.8) is 0 Å². The van der Waals surface area contributed by atoms with Gasteiger partial charge in [-0.1, -0.05) is 63.1 Å². The van der Waals surface area contributed by atoms with Gasteiger partial charge in [-0.15, -0.1) is 6.58 Å². The van der Waals surface area contributed by atoms with E-state index < -0.39 is 40.8 Å². The Hall–Kier alpha value is -2.81. The number of morpholine rings is 1. The van der Waals surface area contributed by atoms with Gasteiger partial charge in [-0.05, 0) is 61.8 Å². The molecule has 0 N–H and O–H groups in total. The summed E-state index contributed by atoms with van der Waals surface area (Å²) in [6.45, 7) is 14.9. The second-order valence-corrected chi connectivity index (χ2v) is 14.6. The maximum atomic E-state index is 15.2. The van der Waals surface area contributed by atoms with Crippen molar-refractivity contribution in [3.05, 3.63) is 59.7 Å². The SMILES string of the molecule is C=CCN1C[C@H](OC[C@@]23C[C@@H]4[C@H](C)CC[C@H]4[C@@]4(C=O)C[C@H]2C=C(C(C)C)[C@@]34C(=O)OC2OC(=O)c3ccccc32)O[C@H](C)C1. The van der Waals surface area contributed by atoms with Gasteiger partial charge in [0, 0.05) is 30.6 Å². The number of esters is 2. The highest BCUT2D eigenvalue weighted by molar-refractivity contribution is 5.95. The molecule has 2 heterocycles. The summed E-state index contributed by atoms with van der Waals surface area (Å²) in [5, 5.41) is 0. The average molecular weight is 604 g/mol. The number of hydrogen-bond donors (Lipinski definition) is 0. The molecule has 1 aromatic rings. The van der Waals surface area contributed by atoms with E-state index in [-0.39, 0.29) is 30.5 Å². The van der Waals surface area contributed by atoms with Crippen LogP contribution in [0, 0.1) is 45.8 Å². The maximum Gasteiger partial charge on any atom is 0.342 e. The van der Waals surface area contributed by atoms with E-state index in [1.165, 1.54) is 0 Å². The molecule has 0 radical (unpaired) electrons. The van der Waals surface area contributed by atoms with Gasteiger partial charge in [-0.2, -0.15) is 0 Å². The largest absolute Gasteiger partial charge is 0.420 e. The monoisotopic (exact) mass is 603 g/mol. The summed E-state index contributed by atoms with van der Waals surface area (Å²) in [6, 6.07) is 7.03. The highest BCUT2D eigenvalue weighted by atomic mass is 16.7. The minimum Gasteiger partial charge on any atom is -0.420 e. The van der Waals surface area contributed by atoms with Crippen LogP contribution in [0.15, 0.2) is 48.6 Å². The molecule has 0 spiro atoms. The number of carbonyl (C=O) groups is 3. The Balaban J connectivity index is 1.32. The zero-order chi connectivity index (χ0) is 31.0. The lowest BCUT2D eigenvalue weighted by Crippen LogP contribution is -2.64. The van der Waals surface area contributed by atoms with Crippen LogP contribution in [-0.4, -0.2) is 61.8 Å². The summed E-state index contributed by atoms with van der Waals surface area (Å²) in [7, 11) is 0. The number of rotatable bonds is 9. The summed E-state index contributed by atoms with van der Waals surface area (Å²) in [6.07, 6.45) is 6.99. The molecule has 3 saturated carbocycles. The number of nitrogens with zero attached hydrogens (tertiary/aromatic N) is 1. The molecule has 0 aromatic heterocycles. The molecule has 7 rings (SSSR count). The lowest BCUT2D eigenvalue weighted by molar-refractivity contribution is -0.240. The fraction of sp³-hybridized carbons (Fsp3) is 0.639. The van der Waals surface area contributed by atoms with E-state index in [2.05, 4.69) is 38.3 Å². The van der Waals surface area contributed by atoms with Crippen LogP contribution in [-0.2, 0) is 28.5 Å². The molecule has 1 saturated heterocycles. The Bertz CT molecular complexity index is 1400. The maximum absolute atomic E-state index is 15.2. The number of allylic oxidation sites excluding steroid dienone is 1. The number of carbonyl (C=O) groups excluding carboxylic acids is 3. The third-order valence-electron chi connectivity index (χ3n) is 12.2. The summed E-state index contributed by atoms with van der Waals surface area (Å²) >= 11 is 0. The molecule has 4 aliphatic carbocycles. The molecule has 1 unspecified atom stereocenters. The number of benzene rings is 1. The summed E-state index contributed by atoms with van der Waals surface area (Å²) in [5.41, 5.74) is -0.913. The Labute approximate surface area is 260 Å². The molecular weight excluding hydrogens is 558 g/mol. The number of aldehydes is 1. The summed E-state index contributed by atoms with van der Waals surface area (Å²) < 4.78 is 25.0. The molecule has 8 nitrogen and oxygen atoms in total. The van der Waals surface area contributed by atoms with Gasteiger partial charge in [-0.25, -0.2) is 4.79 Å². The van der Waals surface area contributed by atoms with E-state index in [0.29, 0.717) is 35.9 Å². The predicted octanol–water partition coefficient (Wildman–Crippen LogP) is 5.49. The number of fused-ring (bicyclic) bond motifs is 3. The second-order valence-electron chi connectivity index (χ2n) is 14.6. The highest BCUT2D eigenvalue weighted by Crippen LogP contribution is 2.83. The molecule has 1 aromatic carbocycles. The van der Waals surface area contributed by atoms with Gasteiger partial charge >= 0.3 is 11.9 Å². The standard InChI is InChI=1S/C36H45NO7/c1-6-13-37-17-23(5)42-30(18-37)41-20-35-16-27-22(4)11-12-28(27)34(19-38)15-24(35)14-29(21(2)3)36(34,35)33(40)44-32-26-10-8-7-9-25(26)31(39)43-32/h6-10,14,19,21-24,27-28,30,32H,1,11-13,15-18,20H2,2-5H3/t22-,23-,24-,27-,28-,30-,32?,34+,35+,36+/m1/s1. The lowest BCUT2D eigenvalue weighted by atomic mass is 9.43. The first-order valence-corrected chi connectivity index (χ1v) is 16.4. The number of hydrogen-bond acceptors (Lipinski definition) is 8. The van der Waals surface area contributed by atoms with Crippen LogP contribution in [0.2, 0.25) is 0 Å². The zero-order valence-corrected chi connectivity index (χ0v) is 26.3. The smallest absolute Gasteiger partial charge is 0.342 e. The molecule has 44 heavy (non-hydrogen) atoms. The molecule has 8 heteroatoms. The zero-order valence-electron chi connectivity index (χ0n) is 26.3. The van der Waals surface area contributed by atoms with Gasteiger partial charge in [0.1, 0.15) is 11.7 Å². The molecule has 10 atom stereocenters. The third-order valence-corrected chi connectivity index (χ3v) is 12.2. The Kier molecular flexibility index (Phi) is 7.22. The van der Waals surface area contributed by atoms with E-state index in [0.717, 1.165) is 44.2 Å². The van der Waals surface area contributed by atoms with Gasteiger partial charge < -0.3 is 23.7 Å². The summed E-state index contributed by atoms with van der Waals surface area (Å²) in [5.74, 6) is -0.144. The van der Waals surface area contributed by atoms with Crippen molar-refractivity contribution >= 4 is 18.2 Å². The van der Waals surface area contributed by atoms with Crippen molar-refractivity contribution in [2.75, 3.05) is 26.2 Å². The average Bonchev–Trinajstić information content (AvgIpc) is 3.66. The van der Waals surface area contributed by atoms with Gasteiger partial charge in [0.15, 0.2) is 6.29 Å². The van der Waals surface area contributed by atoms with Gasteiger partial charge in [0.05, 0.1) is 23.7 Å². The second kappa shape index (κ2) is 10.6. The van der Waals surface area contributed by atoms with E-state index in [1.807, 2.05) is 19.1 Å². The topological polar surface area (TPSA) is 91.4 Å². The number of ether oxygens (including phenoxy) is 4. The summed E-state index contributed by atoms with van der Waals surface area (Å²) in [4.78, 5) is 43.9. The van der Waals surface area contributed by atoms with Crippen LogP contribution in [0.1, 0.15) is 75.6 Å². The van der Waals surface area contributed by atoms with Crippen LogP contribution >= 0.6 is 0 Å². The molecular formula is C36H45NO7. The van der Waals surface area contributed by atoms with Gasteiger partial charge in [0.2, 0.25) is 0 Å². The fourth-order valence-electron chi connectivity index (χ4n) is 10.7. The quantitative estimate of drug-likeness (QED) is 0.208. The van der Waals surface area contributed by atoms with Crippen molar-refractivity contribution in [1.29, 1.82) is 0 Å². The molecule has 236 valence electrons. The number of cyclic esters (lactones) is 1. The van der Waals surface area contributed by atoms with Gasteiger partial charge in [-0.3, -0.25) is 9.69 Å². The molecule has 4 fully saturated rings. The van der Waals surface area contributed by atoms with Crippen LogP contribution < -0.4 is 0 Å². The Morgan fingerprint density at radius 1 is 1.18 bits per heavy atom. The fourth-order valence-corrected chi connectivity index (χ4v) is 10.7. The Morgan fingerprint density at radius 2 is 1.98 bits per heavy atom. The molecule has 0 amide bonds. The van der Waals surface area contributed by atoms with Crippen molar-refractivity contribution in [2.45, 2.75) is 72.1 Å². The first-order valence-electron chi connectivity index (χ1n) is 16.4. The van der Waals surface area contributed by atoms with Crippen LogP contribution in [0.25, 0.3) is 0 Å². The normalized spacial score (nSPS) is 42.1. The minimum absolute atomic E-state index is 0.00782. The van der Waals surface area contributed by atoms with Crippen LogP contribution in [0.3, 0.4) is 0 Å². The molecule has 6 aliphatic rings. The predicted molar refractivity (Wildman–Crippen MR) is 162 cm³/mol. The highest BCUT2D eigenvalue weighted by Gasteiger charge is 2.84. The van der Waals surface area contributed by atoms with Crippen molar-refractivity contribution in [3.8, 4) is 0 Å². The van der Waals surface area contributed by atoms with Crippen molar-refractivity contribution < 1.29 is 33.3 Å². The van der Waals surface area contributed by atoms with Crippen molar-refractivity contribution in [2.24, 2.45) is 45.8 Å². The van der Waals surface area contributed by atoms with Crippen LogP contribution in [0.4, 0.5) is 0 Å². The van der Waals surface area contributed by atoms with Crippen LogP contribution in [0.5, 0.6) is 0 Å². The van der Waals surface area contributed by atoms with Gasteiger partial charge in [0.25, 0.3) is 6.29 Å². The van der Waals surface area contributed by atoms with E-state index >= 15 is 4.79 Å². The lowest BCUT2D eigenvalue weighted by Gasteiger charge is -2.59. The van der Waals surface area contributed by atoms with E-state index in [9.17, 15) is 9.59 Å². The Morgan fingerprint density at radius 3 is 2.73 bits per heavy atom. The molecule has 4 bridgehead atoms. The first-order chi connectivity index (χ1) is 21.1. The van der Waals surface area contributed by atoms with E-state index in [4.69, 9.17) is 18.9 Å². The van der Waals surface area contributed by atoms with Crippen molar-refractivity contribution in [1.82, 2.24) is 4.90 Å².